The fraction of sp³-hybridized carbons (Fsp3) is 0.500. The molecule has 0 amide bonds. The average Bonchev–Trinajstić information content (AvgIpc) is 3.11. The van der Waals surface area contributed by atoms with Gasteiger partial charge in [0.2, 0.25) is 0 Å². The number of hydrogen-bond acceptors (Lipinski definition) is 6. The summed E-state index contributed by atoms with van der Waals surface area (Å²) in [5.74, 6) is 2.21. The van der Waals surface area contributed by atoms with Gasteiger partial charge in [-0.05, 0) is 31.5 Å². The van der Waals surface area contributed by atoms with Gasteiger partial charge < -0.3 is 9.47 Å². The molecule has 3 rings (SSSR count). The van der Waals surface area contributed by atoms with E-state index in [-0.39, 0.29) is 6.04 Å². The molecule has 1 aliphatic heterocycles. The van der Waals surface area contributed by atoms with Gasteiger partial charge in [0.15, 0.2) is 11.6 Å². The Balaban J connectivity index is 1.60. The fourth-order valence-corrected chi connectivity index (χ4v) is 3.17. The summed E-state index contributed by atoms with van der Waals surface area (Å²) in [6.07, 6.45) is 3.38. The van der Waals surface area contributed by atoms with E-state index in [2.05, 4.69) is 26.2 Å². The maximum atomic E-state index is 9.13. The van der Waals surface area contributed by atoms with Crippen molar-refractivity contribution in [1.29, 1.82) is 5.26 Å². The Hall–Kier alpha value is -2.43. The van der Waals surface area contributed by atoms with E-state index in [1.807, 2.05) is 18.2 Å². The first-order valence-electron chi connectivity index (χ1n) is 8.58. The minimum Gasteiger partial charge on any atom is -0.491 e. The summed E-state index contributed by atoms with van der Waals surface area (Å²) in [6, 6.07) is 9.68. The van der Waals surface area contributed by atoms with E-state index in [1.165, 1.54) is 12.8 Å². The number of aromatic nitrogens is 3. The van der Waals surface area contributed by atoms with Crippen molar-refractivity contribution in [2.24, 2.45) is 0 Å². The molecule has 0 aliphatic carbocycles. The molecule has 1 saturated heterocycles. The Morgan fingerprint density at radius 2 is 2.24 bits per heavy atom. The Morgan fingerprint density at radius 1 is 1.36 bits per heavy atom. The second-order valence-electron chi connectivity index (χ2n) is 6.08. The lowest BCUT2D eigenvalue weighted by molar-refractivity contribution is 0.118. The SMILES string of the molecule is COCc1nc([C@H]2CCCCN2CCOc2ccccc2C#N)n[nH]1. The molecule has 132 valence electrons. The molecule has 0 bridgehead atoms. The number of nitrogens with zero attached hydrogens (tertiary/aromatic N) is 4. The quantitative estimate of drug-likeness (QED) is 0.832. The number of para-hydroxylation sites is 1. The topological polar surface area (TPSA) is 87.1 Å². The van der Waals surface area contributed by atoms with Crippen LogP contribution in [0.15, 0.2) is 24.3 Å². The molecule has 0 saturated carbocycles. The molecule has 0 spiro atoms. The molecule has 1 aromatic carbocycles. The lowest BCUT2D eigenvalue weighted by atomic mass is 10.0. The summed E-state index contributed by atoms with van der Waals surface area (Å²) in [5, 5.41) is 16.4. The van der Waals surface area contributed by atoms with Crippen LogP contribution in [0.3, 0.4) is 0 Å². The zero-order chi connectivity index (χ0) is 17.5. The summed E-state index contributed by atoms with van der Waals surface area (Å²) in [4.78, 5) is 6.91. The monoisotopic (exact) mass is 341 g/mol. The molecular formula is C18H23N5O2. The molecular weight excluding hydrogens is 318 g/mol. The van der Waals surface area contributed by atoms with Crippen LogP contribution >= 0.6 is 0 Å². The molecule has 1 N–H and O–H groups in total. The summed E-state index contributed by atoms with van der Waals surface area (Å²) in [6.45, 7) is 2.75. The van der Waals surface area contributed by atoms with Crippen molar-refractivity contribution in [2.45, 2.75) is 31.9 Å². The smallest absolute Gasteiger partial charge is 0.167 e. The van der Waals surface area contributed by atoms with Gasteiger partial charge in [0.1, 0.15) is 25.0 Å². The third-order valence-corrected chi connectivity index (χ3v) is 4.39. The Kier molecular flexibility index (Phi) is 5.99. The van der Waals surface area contributed by atoms with Gasteiger partial charge in [0, 0.05) is 13.7 Å². The molecule has 1 aliphatic rings. The molecule has 25 heavy (non-hydrogen) atoms. The minimum absolute atomic E-state index is 0.199. The van der Waals surface area contributed by atoms with Crippen LogP contribution < -0.4 is 4.74 Å². The average molecular weight is 341 g/mol. The summed E-state index contributed by atoms with van der Waals surface area (Å²) < 4.78 is 10.9. The van der Waals surface area contributed by atoms with Crippen LogP contribution in [-0.2, 0) is 11.3 Å². The number of nitrogens with one attached hydrogen (secondary N) is 1. The van der Waals surface area contributed by atoms with Crippen LogP contribution in [0.4, 0.5) is 0 Å². The van der Waals surface area contributed by atoms with Crippen LogP contribution in [-0.4, -0.2) is 46.9 Å². The van der Waals surface area contributed by atoms with Crippen molar-refractivity contribution in [2.75, 3.05) is 26.8 Å². The van der Waals surface area contributed by atoms with Gasteiger partial charge in [-0.15, -0.1) is 0 Å². The summed E-state index contributed by atoms with van der Waals surface area (Å²) >= 11 is 0. The number of hydrogen-bond donors (Lipinski definition) is 1. The number of methoxy groups -OCH3 is 1. The van der Waals surface area contributed by atoms with Crippen molar-refractivity contribution >= 4 is 0 Å². The zero-order valence-corrected chi connectivity index (χ0v) is 14.4. The highest BCUT2D eigenvalue weighted by atomic mass is 16.5. The molecule has 1 aromatic heterocycles. The lowest BCUT2D eigenvalue weighted by Crippen LogP contribution is -2.37. The van der Waals surface area contributed by atoms with Crippen molar-refractivity contribution < 1.29 is 9.47 Å². The van der Waals surface area contributed by atoms with Gasteiger partial charge in [-0.2, -0.15) is 10.4 Å². The molecule has 2 aromatic rings. The largest absolute Gasteiger partial charge is 0.491 e. The van der Waals surface area contributed by atoms with Crippen LogP contribution in [0.1, 0.15) is 42.5 Å². The molecule has 1 atom stereocenters. The van der Waals surface area contributed by atoms with E-state index in [9.17, 15) is 0 Å². The van der Waals surface area contributed by atoms with Crippen LogP contribution in [0.5, 0.6) is 5.75 Å². The van der Waals surface area contributed by atoms with Gasteiger partial charge in [0.05, 0.1) is 11.6 Å². The molecule has 7 nitrogen and oxygen atoms in total. The van der Waals surface area contributed by atoms with Crippen molar-refractivity contribution in [3.63, 3.8) is 0 Å². The molecule has 2 heterocycles. The molecule has 1 fully saturated rings. The lowest BCUT2D eigenvalue weighted by Gasteiger charge is -2.33. The third-order valence-electron chi connectivity index (χ3n) is 4.39. The second-order valence-corrected chi connectivity index (χ2v) is 6.08. The van der Waals surface area contributed by atoms with E-state index < -0.39 is 0 Å². The number of H-pyrrole nitrogens is 1. The van der Waals surface area contributed by atoms with Crippen molar-refractivity contribution in [3.8, 4) is 11.8 Å². The zero-order valence-electron chi connectivity index (χ0n) is 14.4. The van der Waals surface area contributed by atoms with Gasteiger partial charge in [-0.25, -0.2) is 4.98 Å². The Bertz CT molecular complexity index is 724. The van der Waals surface area contributed by atoms with E-state index >= 15 is 0 Å². The normalized spacial score (nSPS) is 18.0. The Morgan fingerprint density at radius 3 is 3.08 bits per heavy atom. The van der Waals surface area contributed by atoms with Crippen molar-refractivity contribution in [1.82, 2.24) is 20.1 Å². The number of rotatable bonds is 7. The predicted molar refractivity (Wildman–Crippen MR) is 91.9 cm³/mol. The van der Waals surface area contributed by atoms with E-state index in [0.717, 1.165) is 31.2 Å². The van der Waals surface area contributed by atoms with E-state index in [4.69, 9.17) is 14.7 Å². The first-order chi connectivity index (χ1) is 12.3. The van der Waals surface area contributed by atoms with Gasteiger partial charge >= 0.3 is 0 Å². The maximum Gasteiger partial charge on any atom is 0.167 e. The predicted octanol–water partition coefficient (Wildman–Crippen LogP) is 2.43. The van der Waals surface area contributed by atoms with Crippen LogP contribution in [0, 0.1) is 11.3 Å². The maximum absolute atomic E-state index is 9.13. The number of benzene rings is 1. The first kappa shape index (κ1) is 17.4. The second kappa shape index (κ2) is 8.60. The standard InChI is InChI=1S/C18H23N5O2/c1-24-13-17-20-18(22-21-17)15-7-4-5-9-23(15)10-11-25-16-8-3-2-6-14(16)12-19/h2-3,6,8,15H,4-5,7,9-11,13H2,1H3,(H,20,21,22)/t15-/m1/s1. The summed E-state index contributed by atoms with van der Waals surface area (Å²) in [7, 11) is 1.64. The number of likely N-dealkylation sites (tertiary alicyclic amines) is 1. The number of piperidine rings is 1. The molecule has 0 radical (unpaired) electrons. The van der Waals surface area contributed by atoms with Crippen molar-refractivity contribution in [3.05, 3.63) is 41.5 Å². The highest BCUT2D eigenvalue weighted by Gasteiger charge is 2.27. The van der Waals surface area contributed by atoms with E-state index in [0.29, 0.717) is 24.5 Å². The van der Waals surface area contributed by atoms with Crippen LogP contribution in [0.2, 0.25) is 0 Å². The highest BCUT2D eigenvalue weighted by molar-refractivity contribution is 5.42. The van der Waals surface area contributed by atoms with Crippen LogP contribution in [0.25, 0.3) is 0 Å². The first-order valence-corrected chi connectivity index (χ1v) is 8.58. The number of nitriles is 1. The molecule has 0 unspecified atom stereocenters. The highest BCUT2D eigenvalue weighted by Crippen LogP contribution is 2.28. The van der Waals surface area contributed by atoms with Gasteiger partial charge in [-0.1, -0.05) is 18.6 Å². The minimum atomic E-state index is 0.199. The number of ether oxygens (including phenoxy) is 2. The summed E-state index contributed by atoms with van der Waals surface area (Å²) in [5.41, 5.74) is 0.566. The Labute approximate surface area is 147 Å². The molecule has 7 heteroatoms. The van der Waals surface area contributed by atoms with Gasteiger partial charge in [0.25, 0.3) is 0 Å². The third kappa shape index (κ3) is 4.35. The number of aromatic amines is 1. The fourth-order valence-electron chi connectivity index (χ4n) is 3.17. The van der Waals surface area contributed by atoms with Gasteiger partial charge in [-0.3, -0.25) is 10.00 Å². The van der Waals surface area contributed by atoms with E-state index in [1.54, 1.807) is 13.2 Å².